The number of hydrogen-bond donors (Lipinski definition) is 2. The average Bonchev–Trinajstić information content (AvgIpc) is 3.24. The van der Waals surface area contributed by atoms with Crippen molar-refractivity contribution in [2.24, 2.45) is 0 Å². The molecule has 108 valence electrons. The second-order valence-electron chi connectivity index (χ2n) is 4.36. The van der Waals surface area contributed by atoms with Gasteiger partial charge in [0, 0.05) is 4.88 Å². The lowest BCUT2D eigenvalue weighted by Crippen LogP contribution is -2.34. The van der Waals surface area contributed by atoms with Crippen LogP contribution < -0.4 is 10.6 Å². The highest BCUT2D eigenvalue weighted by Crippen LogP contribution is 2.26. The summed E-state index contributed by atoms with van der Waals surface area (Å²) in [5.41, 5.74) is 0. The van der Waals surface area contributed by atoms with Crippen LogP contribution in [-0.2, 0) is 13.1 Å². The Balaban J connectivity index is 1.47. The SMILES string of the molecule is O=C(NCc1ccc(-c2cccs2)o1)NCc1cccs1. The molecule has 3 aromatic heterocycles. The minimum Gasteiger partial charge on any atom is -0.458 e. The van der Waals surface area contributed by atoms with Crippen LogP contribution in [0.25, 0.3) is 10.6 Å². The van der Waals surface area contributed by atoms with Gasteiger partial charge in [-0.25, -0.2) is 4.79 Å². The molecular weight excluding hydrogens is 304 g/mol. The first-order chi connectivity index (χ1) is 10.3. The van der Waals surface area contributed by atoms with Gasteiger partial charge in [0.25, 0.3) is 0 Å². The minimum atomic E-state index is -0.197. The summed E-state index contributed by atoms with van der Waals surface area (Å²) in [6.07, 6.45) is 0. The molecule has 0 atom stereocenters. The van der Waals surface area contributed by atoms with Crippen LogP contribution >= 0.6 is 22.7 Å². The van der Waals surface area contributed by atoms with Crippen LogP contribution in [0.5, 0.6) is 0 Å². The van der Waals surface area contributed by atoms with Gasteiger partial charge in [-0.2, -0.15) is 0 Å². The van der Waals surface area contributed by atoms with Crippen LogP contribution in [0.1, 0.15) is 10.6 Å². The van der Waals surface area contributed by atoms with Crippen molar-refractivity contribution >= 4 is 28.7 Å². The number of urea groups is 1. The van der Waals surface area contributed by atoms with Gasteiger partial charge in [-0.3, -0.25) is 0 Å². The second kappa shape index (κ2) is 6.60. The van der Waals surface area contributed by atoms with Crippen LogP contribution in [0.15, 0.2) is 51.6 Å². The first kappa shape index (κ1) is 13.9. The largest absolute Gasteiger partial charge is 0.458 e. The molecule has 0 aliphatic heterocycles. The van der Waals surface area contributed by atoms with Crippen LogP contribution in [0.2, 0.25) is 0 Å². The van der Waals surface area contributed by atoms with Crippen molar-refractivity contribution in [1.82, 2.24) is 10.6 Å². The molecule has 0 radical (unpaired) electrons. The molecular formula is C15H14N2O2S2. The Morgan fingerprint density at radius 3 is 2.57 bits per heavy atom. The van der Waals surface area contributed by atoms with Gasteiger partial charge in [0.15, 0.2) is 0 Å². The first-order valence-electron chi connectivity index (χ1n) is 6.48. The predicted molar refractivity (Wildman–Crippen MR) is 85.4 cm³/mol. The molecule has 3 rings (SSSR count). The third kappa shape index (κ3) is 3.74. The molecule has 0 unspecified atom stereocenters. The maximum absolute atomic E-state index is 11.7. The molecule has 2 amide bonds. The molecule has 21 heavy (non-hydrogen) atoms. The average molecular weight is 318 g/mol. The zero-order chi connectivity index (χ0) is 14.5. The van der Waals surface area contributed by atoms with Crippen molar-refractivity contribution in [1.29, 1.82) is 0 Å². The summed E-state index contributed by atoms with van der Waals surface area (Å²) in [6, 6.07) is 11.6. The highest BCUT2D eigenvalue weighted by Gasteiger charge is 2.07. The number of carbonyl (C=O) groups excluding carboxylic acids is 1. The van der Waals surface area contributed by atoms with Crippen molar-refractivity contribution in [2.75, 3.05) is 0 Å². The van der Waals surface area contributed by atoms with Gasteiger partial charge in [-0.1, -0.05) is 12.1 Å². The molecule has 4 nitrogen and oxygen atoms in total. The van der Waals surface area contributed by atoms with Gasteiger partial charge < -0.3 is 15.1 Å². The Morgan fingerprint density at radius 1 is 1.00 bits per heavy atom. The molecule has 6 heteroatoms. The first-order valence-corrected chi connectivity index (χ1v) is 8.24. The molecule has 0 saturated heterocycles. The zero-order valence-electron chi connectivity index (χ0n) is 11.2. The number of hydrogen-bond acceptors (Lipinski definition) is 4. The molecule has 0 spiro atoms. The Labute approximate surface area is 130 Å². The van der Waals surface area contributed by atoms with E-state index in [-0.39, 0.29) is 6.03 Å². The van der Waals surface area contributed by atoms with E-state index in [4.69, 9.17) is 4.42 Å². The van der Waals surface area contributed by atoms with Crippen LogP contribution in [0.3, 0.4) is 0 Å². The highest BCUT2D eigenvalue weighted by atomic mass is 32.1. The van der Waals surface area contributed by atoms with E-state index >= 15 is 0 Å². The maximum Gasteiger partial charge on any atom is 0.315 e. The zero-order valence-corrected chi connectivity index (χ0v) is 12.8. The molecule has 0 fully saturated rings. The number of carbonyl (C=O) groups is 1. The Morgan fingerprint density at radius 2 is 1.81 bits per heavy atom. The van der Waals surface area contributed by atoms with Crippen molar-refractivity contribution in [3.05, 3.63) is 57.8 Å². The molecule has 0 aliphatic carbocycles. The quantitative estimate of drug-likeness (QED) is 0.745. The fraction of sp³-hybridized carbons (Fsp3) is 0.133. The predicted octanol–water partition coefficient (Wildman–Crippen LogP) is 4.07. The number of thiophene rings is 2. The second-order valence-corrected chi connectivity index (χ2v) is 6.34. The van der Waals surface area contributed by atoms with Gasteiger partial charge >= 0.3 is 6.03 Å². The summed E-state index contributed by atoms with van der Waals surface area (Å²) in [6.45, 7) is 0.920. The standard InChI is InChI=1S/C15H14N2O2S2/c18-15(17-10-12-3-1-7-20-12)16-9-11-5-6-13(19-11)14-4-2-8-21-14/h1-8H,9-10H2,(H2,16,17,18). The molecule has 0 saturated carbocycles. The molecule has 3 aromatic rings. The summed E-state index contributed by atoms with van der Waals surface area (Å²) < 4.78 is 5.70. The number of furan rings is 1. The monoisotopic (exact) mass is 318 g/mol. The van der Waals surface area contributed by atoms with Crippen LogP contribution in [0.4, 0.5) is 4.79 Å². The van der Waals surface area contributed by atoms with E-state index in [2.05, 4.69) is 10.6 Å². The third-order valence-electron chi connectivity index (χ3n) is 2.85. The van der Waals surface area contributed by atoms with E-state index in [1.807, 2.05) is 47.2 Å². The summed E-state index contributed by atoms with van der Waals surface area (Å²) in [4.78, 5) is 13.9. The van der Waals surface area contributed by atoms with E-state index in [9.17, 15) is 4.79 Å². The molecule has 0 aliphatic rings. The smallest absolute Gasteiger partial charge is 0.315 e. The fourth-order valence-electron chi connectivity index (χ4n) is 1.83. The van der Waals surface area contributed by atoms with Crippen LogP contribution in [-0.4, -0.2) is 6.03 Å². The van der Waals surface area contributed by atoms with Crippen molar-refractivity contribution in [3.63, 3.8) is 0 Å². The Hall–Kier alpha value is -2.05. The highest BCUT2D eigenvalue weighted by molar-refractivity contribution is 7.13. The summed E-state index contributed by atoms with van der Waals surface area (Å²) in [5, 5.41) is 9.59. The Bertz CT molecular complexity index is 687. The summed E-state index contributed by atoms with van der Waals surface area (Å²) in [5.74, 6) is 1.57. The van der Waals surface area contributed by atoms with E-state index < -0.39 is 0 Å². The van der Waals surface area contributed by atoms with Crippen molar-refractivity contribution in [2.45, 2.75) is 13.1 Å². The topological polar surface area (TPSA) is 54.3 Å². The minimum absolute atomic E-state index is 0.197. The molecule has 0 aromatic carbocycles. The van der Waals surface area contributed by atoms with Gasteiger partial charge in [0.1, 0.15) is 11.5 Å². The molecule has 0 bridgehead atoms. The summed E-state index contributed by atoms with van der Waals surface area (Å²) >= 11 is 3.25. The van der Waals surface area contributed by atoms with E-state index in [0.717, 1.165) is 21.3 Å². The van der Waals surface area contributed by atoms with Gasteiger partial charge in [-0.15, -0.1) is 22.7 Å². The number of nitrogens with one attached hydrogen (secondary N) is 2. The fourth-order valence-corrected chi connectivity index (χ4v) is 3.17. The Kier molecular flexibility index (Phi) is 4.37. The van der Waals surface area contributed by atoms with E-state index in [0.29, 0.717) is 13.1 Å². The lowest BCUT2D eigenvalue weighted by molar-refractivity contribution is 0.239. The lowest BCUT2D eigenvalue weighted by atomic mass is 10.3. The lowest BCUT2D eigenvalue weighted by Gasteiger charge is -2.05. The molecule has 3 heterocycles. The van der Waals surface area contributed by atoms with E-state index in [1.54, 1.807) is 22.7 Å². The van der Waals surface area contributed by atoms with Gasteiger partial charge in [0.05, 0.1) is 18.0 Å². The van der Waals surface area contributed by atoms with Crippen LogP contribution in [0, 0.1) is 0 Å². The van der Waals surface area contributed by atoms with E-state index in [1.165, 1.54) is 0 Å². The summed E-state index contributed by atoms with van der Waals surface area (Å²) in [7, 11) is 0. The van der Waals surface area contributed by atoms with Crippen molar-refractivity contribution in [3.8, 4) is 10.6 Å². The number of rotatable bonds is 5. The van der Waals surface area contributed by atoms with Crippen molar-refractivity contribution < 1.29 is 9.21 Å². The number of amides is 2. The maximum atomic E-state index is 11.7. The van der Waals surface area contributed by atoms with Gasteiger partial charge in [-0.05, 0) is 35.0 Å². The van der Waals surface area contributed by atoms with Gasteiger partial charge in [0.2, 0.25) is 0 Å². The third-order valence-corrected chi connectivity index (χ3v) is 4.61. The molecule has 2 N–H and O–H groups in total. The normalized spacial score (nSPS) is 10.5.